The normalized spacial score (nSPS) is 14.6. The van der Waals surface area contributed by atoms with Gasteiger partial charge in [-0.2, -0.15) is 0 Å². The maximum atomic E-state index is 8.70. The number of aromatic nitrogens is 4. The van der Waals surface area contributed by atoms with Crippen LogP contribution in [0.15, 0.2) is 48.5 Å². The van der Waals surface area contributed by atoms with E-state index in [0.29, 0.717) is 33.7 Å². The zero-order valence-electron chi connectivity index (χ0n) is 26.8. The predicted molar refractivity (Wildman–Crippen MR) is 199 cm³/mol. The number of aryl methyl sites for hydroxylation is 4. The quantitative estimate of drug-likeness (QED) is 0.0891. The van der Waals surface area contributed by atoms with Gasteiger partial charge in [-0.15, -0.1) is 0 Å². The Balaban J connectivity index is 0.000000168. The van der Waals surface area contributed by atoms with Crippen molar-refractivity contribution in [1.82, 2.24) is 19.9 Å². The molecule has 12 heteroatoms. The van der Waals surface area contributed by atoms with Crippen molar-refractivity contribution >= 4 is 70.0 Å². The number of halogens is 3. The van der Waals surface area contributed by atoms with Crippen molar-refractivity contribution in [2.45, 2.75) is 91.1 Å². The first kappa shape index (κ1) is 36.3. The molecule has 2 aliphatic carbocycles. The van der Waals surface area contributed by atoms with Crippen LogP contribution in [0.3, 0.4) is 0 Å². The topological polar surface area (TPSA) is 116 Å². The minimum atomic E-state index is -1.35. The summed E-state index contributed by atoms with van der Waals surface area (Å²) in [6.45, 7) is 7.73. The second-order valence-corrected chi connectivity index (χ2v) is 13.7. The number of anilines is 2. The molecule has 2 aromatic carbocycles. The van der Waals surface area contributed by atoms with Gasteiger partial charge in [-0.05, 0) is 87.0 Å². The molecule has 6 rings (SSSR count). The fraction of sp³-hybridized carbons (Fsp3) is 0.412. The standard InChI is InChI=1S/C17H20ClN3.C10H13ClIN3.C7H9BO2/c1-11-6-5-7-13(10-11)15-16(18)19-12(2)20-17(15)21-14-8-3-4-9-14;1-6-13-9(11)8(12)10(14-6)15-7-4-2-3-5-7;1-6-3-2-4-7(5-6)8(9)10/h5-7,10,14H,3-4,8-9H2,1-2H3,(H,19,20,21);7H,2-5H2,1H3,(H,13,14,15);2-5,9-10H,1H3. The molecule has 0 unspecified atom stereocenters. The first-order valence-corrected chi connectivity index (χ1v) is 17.6. The summed E-state index contributed by atoms with van der Waals surface area (Å²) in [6, 6.07) is 16.5. The molecule has 4 N–H and O–H groups in total. The molecule has 46 heavy (non-hydrogen) atoms. The van der Waals surface area contributed by atoms with E-state index in [9.17, 15) is 0 Å². The van der Waals surface area contributed by atoms with Gasteiger partial charge in [0.1, 0.15) is 33.6 Å². The summed E-state index contributed by atoms with van der Waals surface area (Å²) in [6.07, 6.45) is 10.1. The van der Waals surface area contributed by atoms with Gasteiger partial charge in [0.05, 0.1) is 9.13 Å². The Hall–Kier alpha value is -2.51. The van der Waals surface area contributed by atoms with Crippen LogP contribution in [0.2, 0.25) is 10.3 Å². The largest absolute Gasteiger partial charge is 0.488 e. The lowest BCUT2D eigenvalue weighted by Gasteiger charge is -2.17. The molecule has 0 bridgehead atoms. The number of nitrogens with one attached hydrogen (secondary N) is 2. The zero-order chi connectivity index (χ0) is 33.2. The first-order chi connectivity index (χ1) is 22.0. The van der Waals surface area contributed by atoms with Gasteiger partial charge in [-0.3, -0.25) is 0 Å². The second-order valence-electron chi connectivity index (χ2n) is 11.9. The molecule has 0 aliphatic heterocycles. The van der Waals surface area contributed by atoms with Gasteiger partial charge in [0, 0.05) is 12.1 Å². The molecule has 2 aliphatic rings. The molecule has 2 aromatic heterocycles. The summed E-state index contributed by atoms with van der Waals surface area (Å²) in [5.74, 6) is 3.18. The van der Waals surface area contributed by atoms with Crippen LogP contribution < -0.4 is 16.1 Å². The maximum absolute atomic E-state index is 8.70. The molecule has 8 nitrogen and oxygen atoms in total. The summed E-state index contributed by atoms with van der Waals surface area (Å²) >= 11 is 14.6. The van der Waals surface area contributed by atoms with Gasteiger partial charge >= 0.3 is 7.12 Å². The molecule has 0 spiro atoms. The van der Waals surface area contributed by atoms with Crippen molar-refractivity contribution in [1.29, 1.82) is 0 Å². The highest BCUT2D eigenvalue weighted by Crippen LogP contribution is 2.35. The van der Waals surface area contributed by atoms with Crippen molar-refractivity contribution in [3.8, 4) is 11.1 Å². The first-order valence-electron chi connectivity index (χ1n) is 15.8. The molecule has 0 radical (unpaired) electrons. The molecule has 244 valence electrons. The average molecular weight is 775 g/mol. The number of nitrogens with zero attached hydrogens (tertiary/aromatic N) is 4. The van der Waals surface area contributed by atoms with Gasteiger partial charge < -0.3 is 20.7 Å². The summed E-state index contributed by atoms with van der Waals surface area (Å²) in [5, 5.41) is 25.5. The third-order valence-corrected chi connectivity index (χ3v) is 9.83. The van der Waals surface area contributed by atoms with E-state index in [2.05, 4.69) is 78.3 Å². The van der Waals surface area contributed by atoms with Gasteiger partial charge in [0.15, 0.2) is 0 Å². The summed E-state index contributed by atoms with van der Waals surface area (Å²) in [4.78, 5) is 17.4. The van der Waals surface area contributed by atoms with Crippen LogP contribution in [0.5, 0.6) is 0 Å². The van der Waals surface area contributed by atoms with Gasteiger partial charge in [0.25, 0.3) is 0 Å². The second kappa shape index (κ2) is 17.6. The number of rotatable bonds is 6. The Morgan fingerprint density at radius 1 is 0.696 bits per heavy atom. The minimum Gasteiger partial charge on any atom is -0.423 e. The molecule has 2 heterocycles. The van der Waals surface area contributed by atoms with Crippen molar-refractivity contribution in [2.24, 2.45) is 0 Å². The van der Waals surface area contributed by atoms with Crippen LogP contribution in [0.4, 0.5) is 11.6 Å². The summed E-state index contributed by atoms with van der Waals surface area (Å²) < 4.78 is 0.923. The van der Waals surface area contributed by atoms with Crippen LogP contribution in [0, 0.1) is 31.3 Å². The molecule has 2 saturated carbocycles. The fourth-order valence-electron chi connectivity index (χ4n) is 5.68. The lowest BCUT2D eigenvalue weighted by Crippen LogP contribution is -2.29. The highest BCUT2D eigenvalue weighted by Gasteiger charge is 2.20. The Labute approximate surface area is 296 Å². The third kappa shape index (κ3) is 10.8. The van der Waals surface area contributed by atoms with E-state index in [1.54, 1.807) is 18.2 Å². The molecule has 2 fully saturated rings. The molecule has 0 atom stereocenters. The highest BCUT2D eigenvalue weighted by molar-refractivity contribution is 14.1. The Bertz CT molecular complexity index is 1600. The smallest absolute Gasteiger partial charge is 0.423 e. The van der Waals surface area contributed by atoms with Crippen LogP contribution in [-0.4, -0.2) is 49.2 Å². The van der Waals surface area contributed by atoms with E-state index in [-0.39, 0.29) is 0 Å². The average Bonchev–Trinajstić information content (AvgIpc) is 3.71. The van der Waals surface area contributed by atoms with E-state index in [4.69, 9.17) is 33.2 Å². The van der Waals surface area contributed by atoms with Gasteiger partial charge in [0.2, 0.25) is 0 Å². The maximum Gasteiger partial charge on any atom is 0.488 e. The van der Waals surface area contributed by atoms with E-state index >= 15 is 0 Å². The van der Waals surface area contributed by atoms with Crippen molar-refractivity contribution in [3.05, 3.63) is 85.2 Å². The van der Waals surface area contributed by atoms with E-state index < -0.39 is 7.12 Å². The predicted octanol–water partition coefficient (Wildman–Crippen LogP) is 7.84. The van der Waals surface area contributed by atoms with Crippen molar-refractivity contribution < 1.29 is 10.0 Å². The van der Waals surface area contributed by atoms with Gasteiger partial charge in [-0.25, -0.2) is 19.9 Å². The van der Waals surface area contributed by atoms with E-state index in [1.807, 2.05) is 32.9 Å². The Morgan fingerprint density at radius 3 is 1.72 bits per heavy atom. The molecular weight excluding hydrogens is 733 g/mol. The van der Waals surface area contributed by atoms with Crippen molar-refractivity contribution in [3.63, 3.8) is 0 Å². The number of hydrogen-bond donors (Lipinski definition) is 4. The minimum absolute atomic E-state index is 0.499. The van der Waals surface area contributed by atoms with Gasteiger partial charge in [-0.1, -0.05) is 109 Å². The molecular formula is C34H42BCl2IN6O2. The lowest BCUT2D eigenvalue weighted by molar-refractivity contribution is 0.425. The Morgan fingerprint density at radius 2 is 1.20 bits per heavy atom. The van der Waals surface area contributed by atoms with Crippen LogP contribution in [0.25, 0.3) is 11.1 Å². The monoisotopic (exact) mass is 774 g/mol. The fourth-order valence-corrected chi connectivity index (χ4v) is 6.61. The third-order valence-electron chi connectivity index (χ3n) is 7.94. The number of benzene rings is 2. The van der Waals surface area contributed by atoms with E-state index in [0.717, 1.165) is 37.7 Å². The van der Waals surface area contributed by atoms with E-state index in [1.165, 1.54) is 56.9 Å². The summed E-state index contributed by atoms with van der Waals surface area (Å²) in [5.41, 5.74) is 4.76. The highest BCUT2D eigenvalue weighted by atomic mass is 127. The molecule has 0 amide bonds. The molecule has 0 saturated heterocycles. The summed E-state index contributed by atoms with van der Waals surface area (Å²) in [7, 11) is -1.35. The van der Waals surface area contributed by atoms with Crippen LogP contribution in [0.1, 0.15) is 74.1 Å². The van der Waals surface area contributed by atoms with Crippen LogP contribution in [-0.2, 0) is 0 Å². The van der Waals surface area contributed by atoms with Crippen molar-refractivity contribution in [2.75, 3.05) is 10.6 Å². The van der Waals surface area contributed by atoms with Crippen LogP contribution >= 0.6 is 45.8 Å². The SMILES string of the molecule is Cc1cccc(-c2c(Cl)nc(C)nc2NC2CCCC2)c1.Cc1cccc(B(O)O)c1.Cc1nc(Cl)c(I)c(NC2CCCC2)n1. The lowest BCUT2D eigenvalue weighted by atomic mass is 9.80. The Kier molecular flexibility index (Phi) is 13.9. The zero-order valence-corrected chi connectivity index (χ0v) is 30.5. The number of hydrogen-bond acceptors (Lipinski definition) is 8. The molecule has 4 aromatic rings.